The van der Waals surface area contributed by atoms with Crippen LogP contribution in [0.2, 0.25) is 0 Å². The third-order valence-electron chi connectivity index (χ3n) is 4.20. The number of hydrogen-bond acceptors (Lipinski definition) is 2. The Bertz CT molecular complexity index is 199. The van der Waals surface area contributed by atoms with Gasteiger partial charge in [0.1, 0.15) is 6.29 Å². The molecule has 0 spiro atoms. The van der Waals surface area contributed by atoms with Crippen molar-refractivity contribution in [3.05, 3.63) is 0 Å². The Hall–Kier alpha value is -0.370. The van der Waals surface area contributed by atoms with E-state index in [1.165, 1.54) is 44.8 Å². The summed E-state index contributed by atoms with van der Waals surface area (Å²) in [7, 11) is 0. The molecule has 1 atom stereocenters. The van der Waals surface area contributed by atoms with Gasteiger partial charge in [-0.3, -0.25) is 0 Å². The molecule has 2 nitrogen and oxygen atoms in total. The Balaban J connectivity index is 2.05. The van der Waals surface area contributed by atoms with E-state index in [0.717, 1.165) is 19.4 Å². The lowest BCUT2D eigenvalue weighted by molar-refractivity contribution is -0.129. The largest absolute Gasteiger partial charge is 0.380 e. The van der Waals surface area contributed by atoms with Crippen LogP contribution in [0.5, 0.6) is 0 Å². The molecule has 86 valence electrons. The SMILES string of the molecule is O=CC1(C2CCCCCC2)CCCOC1. The van der Waals surface area contributed by atoms with Gasteiger partial charge in [0.2, 0.25) is 0 Å². The maximum Gasteiger partial charge on any atom is 0.128 e. The van der Waals surface area contributed by atoms with E-state index in [4.69, 9.17) is 4.74 Å². The third kappa shape index (κ3) is 2.41. The standard InChI is InChI=1S/C13H22O2/c14-10-13(8-5-9-15-11-13)12-6-3-1-2-4-7-12/h10,12H,1-9,11H2. The Kier molecular flexibility index (Phi) is 3.79. The molecule has 0 N–H and O–H groups in total. The van der Waals surface area contributed by atoms with Crippen LogP contribution in [0.3, 0.4) is 0 Å². The Morgan fingerprint density at radius 3 is 2.33 bits per heavy atom. The van der Waals surface area contributed by atoms with Crippen molar-refractivity contribution < 1.29 is 9.53 Å². The lowest BCUT2D eigenvalue weighted by Crippen LogP contribution is -2.40. The van der Waals surface area contributed by atoms with Crippen LogP contribution in [0.25, 0.3) is 0 Å². The molecular weight excluding hydrogens is 188 g/mol. The van der Waals surface area contributed by atoms with Crippen molar-refractivity contribution in [1.82, 2.24) is 0 Å². The normalized spacial score (nSPS) is 34.7. The summed E-state index contributed by atoms with van der Waals surface area (Å²) in [6.07, 6.45) is 11.1. The van der Waals surface area contributed by atoms with Crippen LogP contribution < -0.4 is 0 Å². The van der Waals surface area contributed by atoms with E-state index in [0.29, 0.717) is 12.5 Å². The van der Waals surface area contributed by atoms with E-state index in [2.05, 4.69) is 0 Å². The number of rotatable bonds is 2. The fourth-order valence-corrected chi connectivity index (χ4v) is 3.20. The smallest absolute Gasteiger partial charge is 0.128 e. The molecular formula is C13H22O2. The van der Waals surface area contributed by atoms with E-state index < -0.39 is 0 Å². The molecule has 0 aromatic carbocycles. The van der Waals surface area contributed by atoms with Gasteiger partial charge in [-0.2, -0.15) is 0 Å². The van der Waals surface area contributed by atoms with Crippen molar-refractivity contribution in [3.63, 3.8) is 0 Å². The van der Waals surface area contributed by atoms with E-state index in [9.17, 15) is 4.79 Å². The summed E-state index contributed by atoms with van der Waals surface area (Å²) in [6.45, 7) is 1.53. The van der Waals surface area contributed by atoms with Gasteiger partial charge in [0.05, 0.1) is 12.0 Å². The van der Waals surface area contributed by atoms with E-state index >= 15 is 0 Å². The number of aldehydes is 1. The second kappa shape index (κ2) is 5.11. The van der Waals surface area contributed by atoms with E-state index in [1.807, 2.05) is 0 Å². The Labute approximate surface area is 92.4 Å². The molecule has 2 rings (SSSR count). The highest BCUT2D eigenvalue weighted by Gasteiger charge is 2.40. The minimum atomic E-state index is -0.122. The van der Waals surface area contributed by atoms with Crippen LogP contribution >= 0.6 is 0 Å². The second-order valence-corrected chi connectivity index (χ2v) is 5.20. The highest BCUT2D eigenvalue weighted by molar-refractivity contribution is 5.60. The summed E-state index contributed by atoms with van der Waals surface area (Å²) in [5, 5.41) is 0. The van der Waals surface area contributed by atoms with Crippen LogP contribution in [-0.4, -0.2) is 19.5 Å². The van der Waals surface area contributed by atoms with Gasteiger partial charge in [-0.05, 0) is 31.6 Å². The van der Waals surface area contributed by atoms with Gasteiger partial charge in [-0.15, -0.1) is 0 Å². The minimum absolute atomic E-state index is 0.122. The first-order valence-electron chi connectivity index (χ1n) is 6.41. The number of carbonyl (C=O) groups is 1. The first kappa shape index (κ1) is 11.1. The third-order valence-corrected chi connectivity index (χ3v) is 4.20. The molecule has 1 unspecified atom stereocenters. The van der Waals surface area contributed by atoms with Crippen molar-refractivity contribution >= 4 is 6.29 Å². The molecule has 0 amide bonds. The van der Waals surface area contributed by atoms with Crippen LogP contribution in [0.15, 0.2) is 0 Å². The van der Waals surface area contributed by atoms with Crippen LogP contribution in [0.4, 0.5) is 0 Å². The van der Waals surface area contributed by atoms with Gasteiger partial charge in [0, 0.05) is 6.61 Å². The van der Waals surface area contributed by atoms with Crippen LogP contribution in [0.1, 0.15) is 51.4 Å². The molecule has 2 aliphatic rings. The van der Waals surface area contributed by atoms with Gasteiger partial charge in [0.25, 0.3) is 0 Å². The minimum Gasteiger partial charge on any atom is -0.380 e. The first-order valence-corrected chi connectivity index (χ1v) is 6.41. The number of carbonyl (C=O) groups excluding carboxylic acids is 1. The van der Waals surface area contributed by atoms with Gasteiger partial charge >= 0.3 is 0 Å². The fourth-order valence-electron chi connectivity index (χ4n) is 3.20. The molecule has 0 radical (unpaired) electrons. The van der Waals surface area contributed by atoms with E-state index in [1.54, 1.807) is 0 Å². The number of ether oxygens (including phenoxy) is 1. The molecule has 1 heterocycles. The predicted octanol–water partition coefficient (Wildman–Crippen LogP) is 2.95. The summed E-state index contributed by atoms with van der Waals surface area (Å²) >= 11 is 0. The summed E-state index contributed by atoms with van der Waals surface area (Å²) in [4.78, 5) is 11.4. The monoisotopic (exact) mass is 210 g/mol. The average Bonchev–Trinajstić information content (AvgIpc) is 2.59. The van der Waals surface area contributed by atoms with Gasteiger partial charge in [-0.25, -0.2) is 0 Å². The zero-order chi connectivity index (χ0) is 10.6. The average molecular weight is 210 g/mol. The summed E-state index contributed by atoms with van der Waals surface area (Å²) in [5.74, 6) is 0.595. The molecule has 0 bridgehead atoms. The highest BCUT2D eigenvalue weighted by Crippen LogP contribution is 2.41. The van der Waals surface area contributed by atoms with Gasteiger partial charge in [-0.1, -0.05) is 25.7 Å². The predicted molar refractivity (Wildman–Crippen MR) is 59.7 cm³/mol. The Morgan fingerprint density at radius 2 is 1.80 bits per heavy atom. The topological polar surface area (TPSA) is 26.3 Å². The van der Waals surface area contributed by atoms with Crippen molar-refractivity contribution in [2.75, 3.05) is 13.2 Å². The molecule has 1 aliphatic carbocycles. The quantitative estimate of drug-likeness (QED) is 0.517. The first-order chi connectivity index (χ1) is 7.37. The fraction of sp³-hybridized carbons (Fsp3) is 0.923. The van der Waals surface area contributed by atoms with Crippen LogP contribution in [0, 0.1) is 11.3 Å². The van der Waals surface area contributed by atoms with Crippen molar-refractivity contribution in [1.29, 1.82) is 0 Å². The van der Waals surface area contributed by atoms with Crippen LogP contribution in [-0.2, 0) is 9.53 Å². The van der Waals surface area contributed by atoms with Crippen molar-refractivity contribution in [3.8, 4) is 0 Å². The zero-order valence-corrected chi connectivity index (χ0v) is 9.54. The second-order valence-electron chi connectivity index (χ2n) is 5.20. The van der Waals surface area contributed by atoms with Gasteiger partial charge in [0.15, 0.2) is 0 Å². The zero-order valence-electron chi connectivity index (χ0n) is 9.54. The summed E-state index contributed by atoms with van der Waals surface area (Å²) in [6, 6.07) is 0. The molecule has 1 saturated heterocycles. The maximum absolute atomic E-state index is 11.4. The summed E-state index contributed by atoms with van der Waals surface area (Å²) in [5.41, 5.74) is -0.122. The lowest BCUT2D eigenvalue weighted by Gasteiger charge is -2.38. The summed E-state index contributed by atoms with van der Waals surface area (Å²) < 4.78 is 5.54. The highest BCUT2D eigenvalue weighted by atomic mass is 16.5. The molecule has 0 aromatic heterocycles. The molecule has 15 heavy (non-hydrogen) atoms. The molecule has 1 aliphatic heterocycles. The van der Waals surface area contributed by atoms with Gasteiger partial charge < -0.3 is 9.53 Å². The van der Waals surface area contributed by atoms with Crippen molar-refractivity contribution in [2.24, 2.45) is 11.3 Å². The molecule has 1 saturated carbocycles. The number of hydrogen-bond donors (Lipinski definition) is 0. The molecule has 2 heteroatoms. The van der Waals surface area contributed by atoms with Crippen molar-refractivity contribution in [2.45, 2.75) is 51.4 Å². The van der Waals surface area contributed by atoms with E-state index in [-0.39, 0.29) is 5.41 Å². The maximum atomic E-state index is 11.4. The lowest BCUT2D eigenvalue weighted by atomic mass is 9.70. The Morgan fingerprint density at radius 1 is 1.07 bits per heavy atom. The molecule has 2 fully saturated rings. The molecule has 0 aromatic rings.